The van der Waals surface area contributed by atoms with E-state index in [4.69, 9.17) is 0 Å². The van der Waals surface area contributed by atoms with Crippen LogP contribution in [0.3, 0.4) is 0 Å². The second-order valence-electron chi connectivity index (χ2n) is 1.06. The van der Waals surface area contributed by atoms with Crippen molar-refractivity contribution in [2.24, 2.45) is 0 Å². The highest BCUT2D eigenvalue weighted by Crippen LogP contribution is 2.03. The van der Waals surface area contributed by atoms with Gasteiger partial charge in [0, 0.05) is 0 Å². The minimum absolute atomic E-state index is 0.304. The lowest BCUT2D eigenvalue weighted by Crippen LogP contribution is -1.76. The second-order valence-corrected chi connectivity index (χ2v) is 1.76. The summed E-state index contributed by atoms with van der Waals surface area (Å²) in [4.78, 5) is 0. The van der Waals surface area contributed by atoms with E-state index in [1.807, 2.05) is 6.92 Å². The molecule has 0 amide bonds. The first-order valence-corrected chi connectivity index (χ1v) is 3.14. The maximum Gasteiger partial charge on any atom is 0.468 e. The zero-order valence-corrected chi connectivity index (χ0v) is 4.98. The molecule has 0 N–H and O–H groups in total. The van der Waals surface area contributed by atoms with Crippen molar-refractivity contribution in [3.63, 3.8) is 0 Å². The normalized spacial score (nSPS) is 8.71. The molecule has 4 heteroatoms. The molecule has 7 heavy (non-hydrogen) atoms. The van der Waals surface area contributed by atoms with Crippen LogP contribution in [0.2, 0.25) is 0 Å². The lowest BCUT2D eigenvalue weighted by molar-refractivity contribution is 0.304. The predicted octanol–water partition coefficient (Wildman–Crippen LogP) is 1.50. The van der Waals surface area contributed by atoms with E-state index >= 15 is 0 Å². The first kappa shape index (κ1) is 6.86. The van der Waals surface area contributed by atoms with Crippen LogP contribution in [0.1, 0.15) is 13.3 Å². The fourth-order valence-electron chi connectivity index (χ4n) is 0.166. The molecule has 0 bridgehead atoms. The van der Waals surface area contributed by atoms with Crippen molar-refractivity contribution in [2.45, 2.75) is 13.3 Å². The third-order valence-electron chi connectivity index (χ3n) is 0.401. The highest BCUT2D eigenvalue weighted by atomic mass is 31.1. The molecule has 0 aliphatic carbocycles. The smallest absolute Gasteiger partial charge is 0.271 e. The molecule has 0 aromatic carbocycles. The van der Waals surface area contributed by atoms with Gasteiger partial charge in [0.1, 0.15) is 0 Å². The molecule has 0 unspecified atom stereocenters. The van der Waals surface area contributed by atoms with Gasteiger partial charge in [-0.25, -0.2) is 9.13 Å². The predicted molar refractivity (Wildman–Crippen MR) is 24.5 cm³/mol. The molecule has 0 aromatic rings. The van der Waals surface area contributed by atoms with Gasteiger partial charge in [0.2, 0.25) is 0 Å². The Morgan fingerprint density at radius 2 is 2.14 bits per heavy atom. The van der Waals surface area contributed by atoms with Gasteiger partial charge < -0.3 is 0 Å². The van der Waals surface area contributed by atoms with Gasteiger partial charge in [-0.1, -0.05) is 6.92 Å². The molecule has 0 saturated heterocycles. The Labute approximate surface area is 42.6 Å². The van der Waals surface area contributed by atoms with Gasteiger partial charge in [0.15, 0.2) is 0 Å². The van der Waals surface area contributed by atoms with Crippen molar-refractivity contribution in [3.05, 3.63) is 0 Å². The lowest BCUT2D eigenvalue weighted by Gasteiger charge is -1.82. The Morgan fingerprint density at radius 1 is 1.57 bits per heavy atom. The van der Waals surface area contributed by atoms with Gasteiger partial charge in [-0.05, 0) is 6.42 Å². The molecule has 0 spiro atoms. The average Bonchev–Trinajstić information content (AvgIpc) is 1.61. The fraction of sp³-hybridized carbons (Fsp3) is 1.00. The molecule has 0 rings (SSSR count). The number of hydrogen-bond acceptors (Lipinski definition) is 3. The molecule has 0 aliphatic rings. The fourth-order valence-corrected chi connectivity index (χ4v) is 0.497. The van der Waals surface area contributed by atoms with Crippen LogP contribution in [0.4, 0.5) is 0 Å². The molecule has 0 heterocycles. The molecule has 0 aliphatic heterocycles. The second kappa shape index (κ2) is 4.03. The zero-order chi connectivity index (χ0) is 5.70. The summed E-state index contributed by atoms with van der Waals surface area (Å²) < 4.78 is 23.3. The van der Waals surface area contributed by atoms with Gasteiger partial charge in [0.25, 0.3) is 0 Å². The molecule has 0 radical (unpaired) electrons. The Hall–Kier alpha value is -0.140. The van der Waals surface area contributed by atoms with E-state index in [1.54, 1.807) is 0 Å². The molecule has 0 saturated carbocycles. The molecule has 0 atom stereocenters. The molecule has 0 aromatic heterocycles. The van der Waals surface area contributed by atoms with Crippen molar-refractivity contribution in [1.29, 1.82) is 0 Å². The van der Waals surface area contributed by atoms with Crippen LogP contribution in [0.25, 0.3) is 0 Å². The van der Waals surface area contributed by atoms with Gasteiger partial charge in [-0.15, -0.1) is 0 Å². The van der Waals surface area contributed by atoms with Gasteiger partial charge >= 0.3 is 7.91 Å². The van der Waals surface area contributed by atoms with Crippen molar-refractivity contribution in [3.8, 4) is 0 Å². The third kappa shape index (κ3) is 5.86. The van der Waals surface area contributed by atoms with E-state index in [-0.39, 0.29) is 0 Å². The number of hydrogen-bond donors (Lipinski definition) is 0. The molecule has 42 valence electrons. The van der Waals surface area contributed by atoms with E-state index < -0.39 is 7.91 Å². The summed E-state index contributed by atoms with van der Waals surface area (Å²) in [5.41, 5.74) is 0. The lowest BCUT2D eigenvalue weighted by atomic mass is 10.5. The van der Waals surface area contributed by atoms with Crippen LogP contribution in [-0.2, 0) is 13.7 Å². The molecule has 0 fully saturated rings. The Balaban J connectivity index is 2.98. The largest absolute Gasteiger partial charge is 0.468 e. The minimum Gasteiger partial charge on any atom is -0.271 e. The van der Waals surface area contributed by atoms with E-state index in [2.05, 4.69) is 4.52 Å². The summed E-state index contributed by atoms with van der Waals surface area (Å²) in [6.45, 7) is 2.15. The van der Waals surface area contributed by atoms with Crippen LogP contribution >= 0.6 is 7.91 Å². The summed E-state index contributed by atoms with van der Waals surface area (Å²) in [7, 11) is -2.61. The van der Waals surface area contributed by atoms with Crippen molar-refractivity contribution in [2.75, 3.05) is 6.61 Å². The van der Waals surface area contributed by atoms with Crippen molar-refractivity contribution < 1.29 is 13.7 Å². The third-order valence-corrected chi connectivity index (χ3v) is 0.794. The van der Waals surface area contributed by atoms with Crippen LogP contribution in [0.5, 0.6) is 0 Å². The molecular formula is C3H7O3P. The first-order chi connectivity index (χ1) is 3.27. The maximum absolute atomic E-state index is 9.57. The standard InChI is InChI=1S/C3H7O3P/c1-2-3-6-7(4)5/h2-3H2,1H3. The average molecular weight is 122 g/mol. The molecule has 3 nitrogen and oxygen atoms in total. The minimum atomic E-state index is -2.61. The van der Waals surface area contributed by atoms with Crippen LogP contribution in [-0.4, -0.2) is 6.61 Å². The topological polar surface area (TPSA) is 43.4 Å². The van der Waals surface area contributed by atoms with E-state index in [1.165, 1.54) is 0 Å². The summed E-state index contributed by atoms with van der Waals surface area (Å²) in [5, 5.41) is 0. The Bertz CT molecular complexity index is 88.4. The van der Waals surface area contributed by atoms with E-state index in [0.29, 0.717) is 6.61 Å². The SMILES string of the molecule is CCCOP(=O)=O. The Kier molecular flexibility index (Phi) is 3.95. The van der Waals surface area contributed by atoms with Crippen molar-refractivity contribution >= 4 is 7.91 Å². The van der Waals surface area contributed by atoms with Crippen LogP contribution in [0.15, 0.2) is 0 Å². The van der Waals surface area contributed by atoms with Gasteiger partial charge in [-0.3, -0.25) is 4.52 Å². The summed E-state index contributed by atoms with van der Waals surface area (Å²) in [6.07, 6.45) is 0.739. The monoisotopic (exact) mass is 122 g/mol. The van der Waals surface area contributed by atoms with Crippen LogP contribution < -0.4 is 0 Å². The van der Waals surface area contributed by atoms with Crippen molar-refractivity contribution in [1.82, 2.24) is 0 Å². The number of rotatable bonds is 3. The first-order valence-electron chi connectivity index (χ1n) is 2.04. The summed E-state index contributed by atoms with van der Waals surface area (Å²) in [5.74, 6) is 0. The highest BCUT2D eigenvalue weighted by molar-refractivity contribution is 7.24. The quantitative estimate of drug-likeness (QED) is 0.532. The summed E-state index contributed by atoms with van der Waals surface area (Å²) in [6, 6.07) is 0. The molecular weight excluding hydrogens is 115 g/mol. The highest BCUT2D eigenvalue weighted by Gasteiger charge is 1.84. The van der Waals surface area contributed by atoms with E-state index in [9.17, 15) is 9.13 Å². The van der Waals surface area contributed by atoms with Gasteiger partial charge in [-0.2, -0.15) is 0 Å². The van der Waals surface area contributed by atoms with E-state index in [0.717, 1.165) is 6.42 Å². The summed E-state index contributed by atoms with van der Waals surface area (Å²) >= 11 is 0. The zero-order valence-electron chi connectivity index (χ0n) is 4.09. The maximum atomic E-state index is 9.57. The Morgan fingerprint density at radius 3 is 2.29 bits per heavy atom. The van der Waals surface area contributed by atoms with Gasteiger partial charge in [0.05, 0.1) is 6.61 Å². The van der Waals surface area contributed by atoms with Crippen LogP contribution in [0, 0.1) is 0 Å².